The number of benzene rings is 1. The van der Waals surface area contributed by atoms with Gasteiger partial charge < -0.3 is 29.2 Å². The van der Waals surface area contributed by atoms with Gasteiger partial charge in [-0.3, -0.25) is 4.79 Å². The van der Waals surface area contributed by atoms with Gasteiger partial charge in [-0.25, -0.2) is 4.79 Å². The van der Waals surface area contributed by atoms with Crippen molar-refractivity contribution in [3.63, 3.8) is 0 Å². The van der Waals surface area contributed by atoms with Crippen molar-refractivity contribution in [1.29, 1.82) is 0 Å². The monoisotopic (exact) mass is 390 g/mol. The highest BCUT2D eigenvalue weighted by atomic mass is 16.6. The van der Waals surface area contributed by atoms with E-state index in [0.29, 0.717) is 11.3 Å². The van der Waals surface area contributed by atoms with E-state index in [0.717, 1.165) is 6.07 Å². The van der Waals surface area contributed by atoms with Gasteiger partial charge >= 0.3 is 5.97 Å². The Kier molecular flexibility index (Phi) is 5.18. The summed E-state index contributed by atoms with van der Waals surface area (Å²) < 4.78 is 16.9. The number of allylic oxidation sites excluding steroid dienone is 1. The maximum absolute atomic E-state index is 12.3. The lowest BCUT2D eigenvalue weighted by Crippen LogP contribution is -2.49. The molecule has 2 heterocycles. The zero-order valence-electron chi connectivity index (χ0n) is 15.8. The number of rotatable bonds is 4. The highest BCUT2D eigenvalue weighted by Crippen LogP contribution is 2.42. The summed E-state index contributed by atoms with van der Waals surface area (Å²) in [6, 6.07) is 2.59. The van der Waals surface area contributed by atoms with E-state index >= 15 is 0 Å². The summed E-state index contributed by atoms with van der Waals surface area (Å²) in [7, 11) is 0. The fourth-order valence-corrected chi connectivity index (χ4v) is 3.18. The largest absolute Gasteiger partial charge is 0.507 e. The van der Waals surface area contributed by atoms with Gasteiger partial charge in [0, 0.05) is 24.1 Å². The molecule has 28 heavy (non-hydrogen) atoms. The first-order valence-electron chi connectivity index (χ1n) is 8.80. The number of hydrogen-bond acceptors (Lipinski definition) is 8. The minimum Gasteiger partial charge on any atom is -0.507 e. The van der Waals surface area contributed by atoms with Crippen molar-refractivity contribution >= 4 is 16.9 Å². The van der Waals surface area contributed by atoms with E-state index in [1.807, 2.05) is 0 Å². The van der Waals surface area contributed by atoms with Gasteiger partial charge in [0.15, 0.2) is 5.43 Å². The number of carbonyl (C=O) groups is 1. The minimum atomic E-state index is -0.939. The first-order valence-corrected chi connectivity index (χ1v) is 8.80. The van der Waals surface area contributed by atoms with Gasteiger partial charge in [-0.05, 0) is 20.8 Å². The van der Waals surface area contributed by atoms with Gasteiger partial charge in [0.1, 0.15) is 46.5 Å². The third kappa shape index (κ3) is 3.36. The van der Waals surface area contributed by atoms with Crippen molar-refractivity contribution in [2.45, 2.75) is 45.5 Å². The van der Waals surface area contributed by atoms with Gasteiger partial charge in [0.25, 0.3) is 0 Å². The molecule has 8 heteroatoms. The van der Waals surface area contributed by atoms with Crippen LogP contribution in [0.2, 0.25) is 0 Å². The van der Waals surface area contributed by atoms with Crippen molar-refractivity contribution in [3.8, 4) is 11.5 Å². The van der Waals surface area contributed by atoms with Gasteiger partial charge in [0.05, 0.1) is 12.2 Å². The molecule has 3 rings (SSSR count). The molecule has 0 aliphatic carbocycles. The number of aliphatic hydroxyl groups excluding tert-OH is 2. The van der Waals surface area contributed by atoms with Crippen LogP contribution in [-0.4, -0.2) is 39.6 Å². The van der Waals surface area contributed by atoms with E-state index in [9.17, 15) is 24.9 Å². The van der Waals surface area contributed by atoms with Crippen LogP contribution in [0.4, 0.5) is 0 Å². The van der Waals surface area contributed by atoms with Crippen LogP contribution in [0.3, 0.4) is 0 Å². The minimum absolute atomic E-state index is 0.0335. The third-order valence-corrected chi connectivity index (χ3v) is 4.83. The average molecular weight is 390 g/mol. The quantitative estimate of drug-likeness (QED) is 0.530. The number of aliphatic hydroxyl groups is 2. The Morgan fingerprint density at radius 1 is 1.36 bits per heavy atom. The Labute approximate surface area is 160 Å². The Hall–Kier alpha value is -2.84. The normalized spacial score (nSPS) is 18.5. The summed E-state index contributed by atoms with van der Waals surface area (Å²) in [5, 5.41) is 29.1. The van der Waals surface area contributed by atoms with Gasteiger partial charge in [-0.1, -0.05) is 6.08 Å². The van der Waals surface area contributed by atoms with Crippen molar-refractivity contribution in [1.82, 2.24) is 0 Å². The Morgan fingerprint density at radius 3 is 2.68 bits per heavy atom. The number of esters is 1. The molecule has 1 atom stereocenters. The van der Waals surface area contributed by atoms with Crippen LogP contribution in [-0.2, 0) is 22.6 Å². The standard InChI is InChI=1S/C20H22O8/c1-4-10(8-21)19(25)27-16-6-12-14(28-20(16,2)3)7-15-17(18(12)24)13(23)5-11(9-22)26-15/h4-5,7,16,21-22,24H,6,8-9H2,1-3H3. The molecule has 1 aromatic carbocycles. The molecule has 0 saturated carbocycles. The summed E-state index contributed by atoms with van der Waals surface area (Å²) in [6.45, 7) is 4.16. The Bertz CT molecular complexity index is 1020. The van der Waals surface area contributed by atoms with Crippen LogP contribution in [0.15, 0.2) is 33.0 Å². The number of aromatic hydroxyl groups is 1. The SMILES string of the molecule is CC=C(CO)C(=O)OC1Cc2c(cc3oc(CO)cc(=O)c3c2O)OC1(C)C. The third-order valence-electron chi connectivity index (χ3n) is 4.83. The highest BCUT2D eigenvalue weighted by Gasteiger charge is 2.42. The van der Waals surface area contributed by atoms with Gasteiger partial charge in [-0.15, -0.1) is 0 Å². The smallest absolute Gasteiger partial charge is 0.336 e. The number of phenolic OH excluding ortho intramolecular Hbond substituents is 1. The van der Waals surface area contributed by atoms with E-state index in [1.54, 1.807) is 20.8 Å². The fourth-order valence-electron chi connectivity index (χ4n) is 3.18. The van der Waals surface area contributed by atoms with Crippen molar-refractivity contribution < 1.29 is 34.0 Å². The maximum Gasteiger partial charge on any atom is 0.336 e. The molecule has 1 aliphatic rings. The summed E-state index contributed by atoms with van der Waals surface area (Å²) in [4.78, 5) is 24.6. The number of fused-ring (bicyclic) bond motifs is 2. The van der Waals surface area contributed by atoms with E-state index in [4.69, 9.17) is 13.9 Å². The zero-order valence-corrected chi connectivity index (χ0v) is 15.8. The summed E-state index contributed by atoms with van der Waals surface area (Å²) in [5.41, 5.74) is -0.913. The molecule has 0 fully saturated rings. The zero-order chi connectivity index (χ0) is 20.6. The lowest BCUT2D eigenvalue weighted by molar-refractivity contribution is -0.157. The number of ether oxygens (including phenoxy) is 2. The van der Waals surface area contributed by atoms with E-state index in [1.165, 1.54) is 12.1 Å². The first-order chi connectivity index (χ1) is 13.2. The molecule has 150 valence electrons. The predicted molar refractivity (Wildman–Crippen MR) is 99.2 cm³/mol. The molecule has 0 spiro atoms. The second kappa shape index (κ2) is 7.29. The number of hydrogen-bond donors (Lipinski definition) is 3. The van der Waals surface area contributed by atoms with Crippen molar-refractivity contribution in [2.75, 3.05) is 6.61 Å². The van der Waals surface area contributed by atoms with Crippen LogP contribution < -0.4 is 10.2 Å². The maximum atomic E-state index is 12.3. The Balaban J connectivity index is 2.06. The number of carbonyl (C=O) groups excluding carboxylic acids is 1. The van der Waals surface area contributed by atoms with E-state index in [2.05, 4.69) is 0 Å². The van der Waals surface area contributed by atoms with Crippen LogP contribution in [0.1, 0.15) is 32.1 Å². The Morgan fingerprint density at radius 2 is 2.07 bits per heavy atom. The molecule has 2 aromatic rings. The van der Waals surface area contributed by atoms with Crippen molar-refractivity contribution in [3.05, 3.63) is 45.3 Å². The van der Waals surface area contributed by atoms with Gasteiger partial charge in [-0.2, -0.15) is 0 Å². The first kappa shape index (κ1) is 19.9. The van der Waals surface area contributed by atoms with Crippen LogP contribution in [0, 0.1) is 0 Å². The summed E-state index contributed by atoms with van der Waals surface area (Å²) in [6.07, 6.45) is 0.808. The average Bonchev–Trinajstić information content (AvgIpc) is 2.63. The lowest BCUT2D eigenvalue weighted by Gasteiger charge is -2.39. The fraction of sp³-hybridized carbons (Fsp3) is 0.400. The number of phenols is 1. The molecular weight excluding hydrogens is 368 g/mol. The topological polar surface area (TPSA) is 126 Å². The second-order valence-corrected chi connectivity index (χ2v) is 7.09. The molecule has 1 unspecified atom stereocenters. The summed E-state index contributed by atoms with van der Waals surface area (Å²) in [5.74, 6) is -0.617. The van der Waals surface area contributed by atoms with Crippen LogP contribution >= 0.6 is 0 Å². The van der Waals surface area contributed by atoms with Crippen LogP contribution in [0.5, 0.6) is 11.5 Å². The van der Waals surface area contributed by atoms with E-state index < -0.39 is 36.3 Å². The van der Waals surface area contributed by atoms with Crippen molar-refractivity contribution in [2.24, 2.45) is 0 Å². The molecule has 0 saturated heterocycles. The molecule has 0 amide bonds. The summed E-state index contributed by atoms with van der Waals surface area (Å²) >= 11 is 0. The molecule has 0 radical (unpaired) electrons. The molecule has 8 nitrogen and oxygen atoms in total. The van der Waals surface area contributed by atoms with Crippen LogP contribution in [0.25, 0.3) is 11.0 Å². The molecular formula is C20H22O8. The molecule has 0 bridgehead atoms. The van der Waals surface area contributed by atoms with Gasteiger partial charge in [0.2, 0.25) is 0 Å². The molecule has 1 aliphatic heterocycles. The lowest BCUT2D eigenvalue weighted by atomic mass is 9.89. The molecule has 1 aromatic heterocycles. The predicted octanol–water partition coefficient (Wildman–Crippen LogP) is 1.55. The highest BCUT2D eigenvalue weighted by molar-refractivity contribution is 5.89. The molecule has 3 N–H and O–H groups in total. The second-order valence-electron chi connectivity index (χ2n) is 7.09. The van der Waals surface area contributed by atoms with E-state index in [-0.39, 0.29) is 34.5 Å².